The normalized spacial score (nSPS) is 17.5. The third-order valence-corrected chi connectivity index (χ3v) is 4.54. The Labute approximate surface area is 153 Å². The van der Waals surface area contributed by atoms with Gasteiger partial charge in [-0.3, -0.25) is 0 Å². The van der Waals surface area contributed by atoms with Crippen molar-refractivity contribution in [1.29, 1.82) is 0 Å². The Bertz CT molecular complexity index is 934. The molecule has 2 heterocycles. The average molecular weight is 376 g/mol. The number of rotatable bonds is 3. The van der Waals surface area contributed by atoms with Crippen LogP contribution in [0.25, 0.3) is 5.69 Å². The van der Waals surface area contributed by atoms with Gasteiger partial charge >= 0.3 is 6.18 Å². The lowest BCUT2D eigenvalue weighted by molar-refractivity contribution is -0.137. The number of anilines is 1. The molecule has 27 heavy (non-hydrogen) atoms. The minimum atomic E-state index is -4.44. The number of alkyl halides is 3. The van der Waals surface area contributed by atoms with Gasteiger partial charge in [-0.05, 0) is 42.5 Å². The molecule has 1 aromatic heterocycles. The van der Waals surface area contributed by atoms with E-state index in [-0.39, 0.29) is 11.5 Å². The molecular formula is C20H16F4N2O. The standard InChI is InChI=1S/C20H16F4N2O/c21-15-5-7-16(8-6-15)26-11-12-27-19(26)14-9-10-25(13-14)18-4-2-1-3-17(18)20(22,23)24/h1-10,13,19H,11-12H2. The Hall–Kier alpha value is -2.80. The first kappa shape index (κ1) is 17.6. The summed E-state index contributed by atoms with van der Waals surface area (Å²) in [7, 11) is 0. The highest BCUT2D eigenvalue weighted by Crippen LogP contribution is 2.36. The van der Waals surface area contributed by atoms with E-state index in [0.717, 1.165) is 17.3 Å². The van der Waals surface area contributed by atoms with Crippen molar-refractivity contribution < 1.29 is 22.3 Å². The summed E-state index contributed by atoms with van der Waals surface area (Å²) in [5.74, 6) is -0.328. The Balaban J connectivity index is 1.66. The van der Waals surface area contributed by atoms with Gasteiger partial charge in [-0.2, -0.15) is 13.2 Å². The largest absolute Gasteiger partial charge is 0.418 e. The second-order valence-electron chi connectivity index (χ2n) is 6.26. The monoisotopic (exact) mass is 376 g/mol. The summed E-state index contributed by atoms with van der Waals surface area (Å²) in [6, 6.07) is 13.2. The summed E-state index contributed by atoms with van der Waals surface area (Å²) >= 11 is 0. The third-order valence-electron chi connectivity index (χ3n) is 4.54. The highest BCUT2D eigenvalue weighted by molar-refractivity contribution is 5.50. The fraction of sp³-hybridized carbons (Fsp3) is 0.200. The van der Waals surface area contributed by atoms with Gasteiger partial charge in [-0.1, -0.05) is 12.1 Å². The van der Waals surface area contributed by atoms with Gasteiger partial charge in [0.05, 0.1) is 17.9 Å². The third kappa shape index (κ3) is 3.42. The van der Waals surface area contributed by atoms with Gasteiger partial charge in [0.1, 0.15) is 5.82 Å². The maximum atomic E-state index is 13.3. The summed E-state index contributed by atoms with van der Waals surface area (Å²) < 4.78 is 60.2. The number of hydrogen-bond acceptors (Lipinski definition) is 2. The van der Waals surface area contributed by atoms with Crippen LogP contribution in [0.1, 0.15) is 17.4 Å². The first-order chi connectivity index (χ1) is 12.9. The van der Waals surface area contributed by atoms with Crippen molar-refractivity contribution in [3.05, 3.63) is 83.9 Å². The molecule has 1 saturated heterocycles. The van der Waals surface area contributed by atoms with E-state index in [1.54, 1.807) is 36.7 Å². The van der Waals surface area contributed by atoms with Gasteiger partial charge in [0, 0.05) is 30.2 Å². The van der Waals surface area contributed by atoms with Gasteiger partial charge in [0.15, 0.2) is 6.23 Å². The minimum absolute atomic E-state index is 0.0579. The molecule has 0 aliphatic carbocycles. The molecule has 4 rings (SSSR count). The van der Waals surface area contributed by atoms with E-state index < -0.39 is 18.0 Å². The maximum Gasteiger partial charge on any atom is 0.418 e. The Kier molecular flexibility index (Phi) is 4.39. The predicted molar refractivity (Wildman–Crippen MR) is 93.2 cm³/mol. The SMILES string of the molecule is Fc1ccc(N2CCOC2c2ccn(-c3ccccc3C(F)(F)F)c2)cc1. The minimum Gasteiger partial charge on any atom is -0.352 e. The Morgan fingerprint density at radius 3 is 2.44 bits per heavy atom. The molecule has 0 N–H and O–H groups in total. The van der Waals surface area contributed by atoms with Crippen molar-refractivity contribution in [2.45, 2.75) is 12.4 Å². The number of halogens is 4. The summed E-state index contributed by atoms with van der Waals surface area (Å²) in [6.07, 6.45) is -1.65. The fourth-order valence-corrected chi connectivity index (χ4v) is 3.29. The van der Waals surface area contributed by atoms with E-state index in [2.05, 4.69) is 0 Å². The first-order valence-electron chi connectivity index (χ1n) is 8.42. The molecule has 1 atom stereocenters. The zero-order valence-electron chi connectivity index (χ0n) is 14.2. The van der Waals surface area contributed by atoms with Crippen LogP contribution >= 0.6 is 0 Å². The van der Waals surface area contributed by atoms with Crippen molar-refractivity contribution in [3.8, 4) is 5.69 Å². The van der Waals surface area contributed by atoms with Gasteiger partial charge in [0.2, 0.25) is 0 Å². The van der Waals surface area contributed by atoms with E-state index in [0.29, 0.717) is 13.2 Å². The van der Waals surface area contributed by atoms with E-state index in [9.17, 15) is 17.6 Å². The first-order valence-corrected chi connectivity index (χ1v) is 8.42. The van der Waals surface area contributed by atoms with Crippen molar-refractivity contribution >= 4 is 5.69 Å². The average Bonchev–Trinajstić information content (AvgIpc) is 3.31. The van der Waals surface area contributed by atoms with E-state index >= 15 is 0 Å². The van der Waals surface area contributed by atoms with Gasteiger partial charge in [0.25, 0.3) is 0 Å². The summed E-state index contributed by atoms with van der Waals surface area (Å²) in [6.45, 7) is 1.09. The van der Waals surface area contributed by atoms with Gasteiger partial charge in [-0.15, -0.1) is 0 Å². The molecule has 140 valence electrons. The molecule has 2 aromatic carbocycles. The second-order valence-corrected chi connectivity index (χ2v) is 6.26. The molecule has 0 amide bonds. The second kappa shape index (κ2) is 6.74. The molecule has 0 spiro atoms. The van der Waals surface area contributed by atoms with Crippen LogP contribution in [-0.4, -0.2) is 17.7 Å². The highest BCUT2D eigenvalue weighted by Gasteiger charge is 2.34. The number of aromatic nitrogens is 1. The van der Waals surface area contributed by atoms with Gasteiger partial charge in [-0.25, -0.2) is 4.39 Å². The molecule has 1 unspecified atom stereocenters. The number of benzene rings is 2. The quantitative estimate of drug-likeness (QED) is 0.587. The summed E-state index contributed by atoms with van der Waals surface area (Å²) in [4.78, 5) is 1.95. The molecule has 0 radical (unpaired) electrons. The van der Waals surface area contributed by atoms with Crippen LogP contribution in [0.15, 0.2) is 67.0 Å². The molecule has 1 aliphatic heterocycles. The number of hydrogen-bond donors (Lipinski definition) is 0. The smallest absolute Gasteiger partial charge is 0.352 e. The number of nitrogens with zero attached hydrogens (tertiary/aromatic N) is 2. The Morgan fingerprint density at radius 2 is 1.70 bits per heavy atom. The van der Waals surface area contributed by atoms with Crippen molar-refractivity contribution in [3.63, 3.8) is 0 Å². The van der Waals surface area contributed by atoms with Crippen LogP contribution in [0.3, 0.4) is 0 Å². The van der Waals surface area contributed by atoms with Crippen molar-refractivity contribution in [1.82, 2.24) is 4.57 Å². The lowest BCUT2D eigenvalue weighted by Crippen LogP contribution is -2.23. The molecular weight excluding hydrogens is 360 g/mol. The fourth-order valence-electron chi connectivity index (χ4n) is 3.29. The van der Waals surface area contributed by atoms with Crippen LogP contribution in [0.5, 0.6) is 0 Å². The van der Waals surface area contributed by atoms with Crippen LogP contribution < -0.4 is 4.90 Å². The predicted octanol–water partition coefficient (Wildman–Crippen LogP) is 5.17. The summed E-state index contributed by atoms with van der Waals surface area (Å²) in [5.41, 5.74) is 0.883. The summed E-state index contributed by atoms with van der Waals surface area (Å²) in [5, 5.41) is 0. The van der Waals surface area contributed by atoms with E-state index in [1.165, 1.54) is 28.8 Å². The van der Waals surface area contributed by atoms with Crippen LogP contribution in [0.2, 0.25) is 0 Å². The molecule has 0 saturated carbocycles. The maximum absolute atomic E-state index is 13.3. The zero-order chi connectivity index (χ0) is 19.0. The van der Waals surface area contributed by atoms with E-state index in [1.807, 2.05) is 4.90 Å². The highest BCUT2D eigenvalue weighted by atomic mass is 19.4. The molecule has 7 heteroatoms. The van der Waals surface area contributed by atoms with E-state index in [4.69, 9.17) is 4.74 Å². The van der Waals surface area contributed by atoms with Crippen LogP contribution in [0, 0.1) is 5.82 Å². The molecule has 1 fully saturated rings. The van der Waals surface area contributed by atoms with Crippen molar-refractivity contribution in [2.75, 3.05) is 18.1 Å². The lowest BCUT2D eigenvalue weighted by atomic mass is 10.1. The number of ether oxygens (including phenoxy) is 1. The molecule has 3 nitrogen and oxygen atoms in total. The van der Waals surface area contributed by atoms with Crippen molar-refractivity contribution in [2.24, 2.45) is 0 Å². The molecule has 0 bridgehead atoms. The topological polar surface area (TPSA) is 17.4 Å². The Morgan fingerprint density at radius 1 is 0.963 bits per heavy atom. The van der Waals surface area contributed by atoms with Crippen LogP contribution in [-0.2, 0) is 10.9 Å². The number of para-hydroxylation sites is 1. The van der Waals surface area contributed by atoms with Gasteiger partial charge < -0.3 is 14.2 Å². The zero-order valence-corrected chi connectivity index (χ0v) is 14.2. The lowest BCUT2D eigenvalue weighted by Gasteiger charge is -2.24. The molecule has 1 aliphatic rings. The molecule has 3 aromatic rings. The van der Waals surface area contributed by atoms with Crippen LogP contribution in [0.4, 0.5) is 23.2 Å².